The van der Waals surface area contributed by atoms with Gasteiger partial charge in [-0.2, -0.15) is 0 Å². The molecular weight excluding hydrogens is 240 g/mol. The van der Waals surface area contributed by atoms with Crippen LogP contribution in [0.4, 0.5) is 0 Å². The third-order valence-corrected chi connectivity index (χ3v) is 6.99. The summed E-state index contributed by atoms with van der Waals surface area (Å²) in [7, 11) is 0. The van der Waals surface area contributed by atoms with Gasteiger partial charge in [0.15, 0.2) is 0 Å². The van der Waals surface area contributed by atoms with E-state index < -0.39 is 0 Å². The van der Waals surface area contributed by atoms with E-state index in [4.69, 9.17) is 0 Å². The average Bonchev–Trinajstić information content (AvgIpc) is 2.52. The van der Waals surface area contributed by atoms with Crippen LogP contribution in [0.5, 0.6) is 0 Å². The zero-order chi connectivity index (χ0) is 13.8. The van der Waals surface area contributed by atoms with Crippen molar-refractivity contribution >= 4 is 0 Å². The number of rotatable bonds is 3. The van der Waals surface area contributed by atoms with Crippen LogP contribution in [-0.2, 0) is 0 Å². The molecule has 0 spiro atoms. The Labute approximate surface area is 127 Å². The molecule has 0 aromatic carbocycles. The third kappa shape index (κ3) is 3.60. The second kappa shape index (κ2) is 7.32. The Morgan fingerprint density at radius 1 is 0.500 bits per heavy atom. The molecule has 0 amide bonds. The highest BCUT2D eigenvalue weighted by atomic mass is 14.4. The fraction of sp³-hybridized carbons (Fsp3) is 1.00. The Hall–Kier alpha value is 0. The minimum atomic E-state index is 1.02. The van der Waals surface area contributed by atoms with Gasteiger partial charge in [-0.3, -0.25) is 0 Å². The van der Waals surface area contributed by atoms with Crippen LogP contribution >= 0.6 is 0 Å². The van der Waals surface area contributed by atoms with Gasteiger partial charge in [0.25, 0.3) is 0 Å². The molecular formula is C20H36. The molecule has 0 heteroatoms. The van der Waals surface area contributed by atoms with Crippen LogP contribution in [0.25, 0.3) is 0 Å². The predicted molar refractivity (Wildman–Crippen MR) is 87.8 cm³/mol. The van der Waals surface area contributed by atoms with E-state index in [1.165, 1.54) is 51.4 Å². The first kappa shape index (κ1) is 14.9. The maximum absolute atomic E-state index is 2.48. The molecule has 0 heterocycles. The van der Waals surface area contributed by atoms with Crippen LogP contribution in [0.3, 0.4) is 0 Å². The van der Waals surface area contributed by atoms with Crippen molar-refractivity contribution in [3.63, 3.8) is 0 Å². The molecule has 3 rings (SSSR count). The number of hydrogen-bond donors (Lipinski definition) is 0. The van der Waals surface area contributed by atoms with Crippen LogP contribution in [-0.4, -0.2) is 0 Å². The summed E-state index contributed by atoms with van der Waals surface area (Å²) in [6.07, 6.45) is 21.7. The summed E-state index contributed by atoms with van der Waals surface area (Å²) in [5.74, 6) is 5.49. The molecule has 3 aliphatic carbocycles. The molecule has 0 nitrogen and oxygen atoms in total. The molecule has 0 N–H and O–H groups in total. The van der Waals surface area contributed by atoms with E-state index in [9.17, 15) is 0 Å². The highest BCUT2D eigenvalue weighted by molar-refractivity contribution is 4.88. The van der Waals surface area contributed by atoms with Crippen LogP contribution in [0.15, 0.2) is 0 Å². The first-order valence-corrected chi connectivity index (χ1v) is 9.84. The largest absolute Gasteiger partial charge is 0.0625 e. The summed E-state index contributed by atoms with van der Waals surface area (Å²) in [6, 6.07) is 0. The molecule has 0 saturated heterocycles. The zero-order valence-corrected chi connectivity index (χ0v) is 13.8. The number of hydrogen-bond acceptors (Lipinski definition) is 0. The normalized spacial score (nSPS) is 34.5. The Bertz CT molecular complexity index is 244. The van der Waals surface area contributed by atoms with E-state index in [2.05, 4.69) is 6.92 Å². The van der Waals surface area contributed by atoms with Crippen molar-refractivity contribution in [1.29, 1.82) is 0 Å². The smallest absolute Gasteiger partial charge is 0.0329 e. The van der Waals surface area contributed by atoms with Crippen molar-refractivity contribution < 1.29 is 0 Å². The van der Waals surface area contributed by atoms with E-state index in [0.717, 1.165) is 29.6 Å². The molecule has 3 aliphatic rings. The van der Waals surface area contributed by atoms with Gasteiger partial charge in [-0.05, 0) is 42.4 Å². The Morgan fingerprint density at radius 2 is 0.900 bits per heavy atom. The van der Waals surface area contributed by atoms with Gasteiger partial charge in [0.1, 0.15) is 0 Å². The van der Waals surface area contributed by atoms with E-state index in [0.29, 0.717) is 0 Å². The van der Waals surface area contributed by atoms with Crippen molar-refractivity contribution in [2.24, 2.45) is 29.6 Å². The molecule has 0 unspecified atom stereocenters. The SMILES string of the molecule is CC1CCC(C(C2CCCCC2)C2CCCCC2)CC1. The maximum Gasteiger partial charge on any atom is -0.0329 e. The highest BCUT2D eigenvalue weighted by Gasteiger charge is 2.37. The lowest BCUT2D eigenvalue weighted by molar-refractivity contribution is 0.0597. The first-order valence-electron chi connectivity index (χ1n) is 9.84. The second-order valence-electron chi connectivity index (χ2n) is 8.39. The standard InChI is InChI=1S/C20H36/c1-16-12-14-19(15-13-16)20(17-8-4-2-5-9-17)18-10-6-3-7-11-18/h16-20H,2-15H2,1H3. The summed E-state index contributed by atoms with van der Waals surface area (Å²) in [4.78, 5) is 0. The van der Waals surface area contributed by atoms with Gasteiger partial charge in [-0.15, -0.1) is 0 Å². The third-order valence-electron chi connectivity index (χ3n) is 6.99. The van der Waals surface area contributed by atoms with Crippen molar-refractivity contribution in [2.45, 2.75) is 96.8 Å². The Kier molecular flexibility index (Phi) is 5.46. The summed E-state index contributed by atoms with van der Waals surface area (Å²) >= 11 is 0. The van der Waals surface area contributed by atoms with Crippen molar-refractivity contribution in [2.75, 3.05) is 0 Å². The van der Waals surface area contributed by atoms with E-state index in [1.807, 2.05) is 0 Å². The molecule has 3 saturated carbocycles. The van der Waals surface area contributed by atoms with E-state index in [-0.39, 0.29) is 0 Å². The fourth-order valence-corrected chi connectivity index (χ4v) is 5.86. The van der Waals surface area contributed by atoms with Gasteiger partial charge in [-0.1, -0.05) is 84.0 Å². The molecule has 20 heavy (non-hydrogen) atoms. The van der Waals surface area contributed by atoms with Gasteiger partial charge in [-0.25, -0.2) is 0 Å². The van der Waals surface area contributed by atoms with Gasteiger partial charge in [0, 0.05) is 0 Å². The van der Waals surface area contributed by atoms with Gasteiger partial charge < -0.3 is 0 Å². The van der Waals surface area contributed by atoms with E-state index >= 15 is 0 Å². The Morgan fingerprint density at radius 3 is 1.35 bits per heavy atom. The second-order valence-corrected chi connectivity index (χ2v) is 8.39. The predicted octanol–water partition coefficient (Wildman–Crippen LogP) is 6.59. The van der Waals surface area contributed by atoms with Crippen LogP contribution in [0.2, 0.25) is 0 Å². The highest BCUT2D eigenvalue weighted by Crippen LogP contribution is 2.48. The quantitative estimate of drug-likeness (QED) is 0.545. The lowest BCUT2D eigenvalue weighted by Crippen LogP contribution is -2.35. The van der Waals surface area contributed by atoms with Crippen LogP contribution in [0.1, 0.15) is 96.8 Å². The van der Waals surface area contributed by atoms with E-state index in [1.54, 1.807) is 38.5 Å². The molecule has 0 aliphatic heterocycles. The molecule has 0 bridgehead atoms. The van der Waals surface area contributed by atoms with Gasteiger partial charge >= 0.3 is 0 Å². The molecule has 0 atom stereocenters. The summed E-state index contributed by atoms with van der Waals surface area (Å²) in [5, 5.41) is 0. The first-order chi connectivity index (χ1) is 9.84. The zero-order valence-electron chi connectivity index (χ0n) is 13.8. The molecule has 116 valence electrons. The maximum atomic E-state index is 2.48. The van der Waals surface area contributed by atoms with Crippen molar-refractivity contribution in [3.8, 4) is 0 Å². The van der Waals surface area contributed by atoms with Crippen LogP contribution < -0.4 is 0 Å². The topological polar surface area (TPSA) is 0 Å². The molecule has 0 aromatic heterocycles. The molecule has 3 fully saturated rings. The lowest BCUT2D eigenvalue weighted by atomic mass is 9.61. The van der Waals surface area contributed by atoms with Crippen molar-refractivity contribution in [1.82, 2.24) is 0 Å². The summed E-state index contributed by atoms with van der Waals surface area (Å²) < 4.78 is 0. The molecule has 0 aromatic rings. The van der Waals surface area contributed by atoms with Crippen LogP contribution in [0, 0.1) is 29.6 Å². The lowest BCUT2D eigenvalue weighted by Gasteiger charge is -2.44. The van der Waals surface area contributed by atoms with Crippen molar-refractivity contribution in [3.05, 3.63) is 0 Å². The fourth-order valence-electron chi connectivity index (χ4n) is 5.86. The monoisotopic (exact) mass is 276 g/mol. The minimum Gasteiger partial charge on any atom is -0.0625 e. The van der Waals surface area contributed by atoms with Gasteiger partial charge in [0.2, 0.25) is 0 Å². The Balaban J connectivity index is 1.68. The van der Waals surface area contributed by atoms with Gasteiger partial charge in [0.05, 0.1) is 0 Å². The average molecular weight is 277 g/mol. The summed E-state index contributed by atoms with van der Waals surface area (Å²) in [6.45, 7) is 2.48. The molecule has 0 radical (unpaired) electrons. The minimum absolute atomic E-state index is 1.02. The summed E-state index contributed by atoms with van der Waals surface area (Å²) in [5.41, 5.74) is 0.